The topological polar surface area (TPSA) is 100 Å². The molecular formula is C12H12N4O4. The van der Waals surface area contributed by atoms with Crippen molar-refractivity contribution in [2.45, 2.75) is 13.8 Å². The zero-order valence-corrected chi connectivity index (χ0v) is 10.9. The minimum absolute atomic E-state index is 0.0821. The molecule has 0 saturated heterocycles. The lowest BCUT2D eigenvalue weighted by Gasteiger charge is -2.06. The van der Waals surface area contributed by atoms with Gasteiger partial charge in [-0.05, 0) is 26.0 Å². The van der Waals surface area contributed by atoms with E-state index in [0.717, 1.165) is 4.68 Å². The van der Waals surface area contributed by atoms with Gasteiger partial charge in [-0.15, -0.1) is 9.78 Å². The number of non-ortho nitro benzene ring substituents is 1. The second-order valence-corrected chi connectivity index (χ2v) is 3.93. The summed E-state index contributed by atoms with van der Waals surface area (Å²) in [5, 5.41) is 18.1. The van der Waals surface area contributed by atoms with E-state index in [0.29, 0.717) is 12.3 Å². The number of benzene rings is 1. The van der Waals surface area contributed by atoms with Gasteiger partial charge in [-0.3, -0.25) is 14.9 Å². The predicted octanol–water partition coefficient (Wildman–Crippen LogP) is 1.58. The fourth-order valence-corrected chi connectivity index (χ4v) is 1.63. The molecule has 0 aliphatic heterocycles. The van der Waals surface area contributed by atoms with E-state index in [-0.39, 0.29) is 17.1 Å². The maximum Gasteiger partial charge on any atom is 0.282 e. The molecule has 0 aliphatic carbocycles. The van der Waals surface area contributed by atoms with E-state index in [9.17, 15) is 14.9 Å². The fraction of sp³-hybridized carbons (Fsp3) is 0.250. The molecule has 2 aromatic rings. The number of carbonyl (C=O) groups is 1. The third-order valence-electron chi connectivity index (χ3n) is 2.58. The van der Waals surface area contributed by atoms with Gasteiger partial charge < -0.3 is 4.74 Å². The van der Waals surface area contributed by atoms with Crippen molar-refractivity contribution in [1.82, 2.24) is 15.0 Å². The van der Waals surface area contributed by atoms with Crippen LogP contribution < -0.4 is 4.74 Å². The van der Waals surface area contributed by atoms with Crippen molar-refractivity contribution < 1.29 is 14.5 Å². The molecule has 0 spiro atoms. The van der Waals surface area contributed by atoms with Gasteiger partial charge in [0.1, 0.15) is 5.69 Å². The molecule has 0 saturated carbocycles. The van der Waals surface area contributed by atoms with Gasteiger partial charge in [0.25, 0.3) is 11.6 Å². The first-order valence-corrected chi connectivity index (χ1v) is 5.88. The zero-order chi connectivity index (χ0) is 14.7. The highest BCUT2D eigenvalue weighted by molar-refractivity contribution is 5.96. The third-order valence-corrected chi connectivity index (χ3v) is 2.58. The Morgan fingerprint density at radius 2 is 2.05 bits per heavy atom. The van der Waals surface area contributed by atoms with Crippen molar-refractivity contribution >= 4 is 11.6 Å². The lowest BCUT2D eigenvalue weighted by molar-refractivity contribution is -0.384. The number of rotatable bonds is 4. The van der Waals surface area contributed by atoms with Crippen LogP contribution in [0.25, 0.3) is 0 Å². The predicted molar refractivity (Wildman–Crippen MR) is 68.8 cm³/mol. The molecule has 1 heterocycles. The molecule has 0 unspecified atom stereocenters. The maximum atomic E-state index is 12.2. The standard InChI is InChI=1S/C12H12N4O4/c1-3-20-12-8(2)13-14-15(12)11(17)9-4-6-10(7-5-9)16(18)19/h4-7H,3H2,1-2H3. The summed E-state index contributed by atoms with van der Waals surface area (Å²) in [5.41, 5.74) is 0.685. The Kier molecular flexibility index (Phi) is 3.74. The minimum Gasteiger partial charge on any atom is -0.476 e. The second-order valence-electron chi connectivity index (χ2n) is 3.93. The van der Waals surface area contributed by atoms with Gasteiger partial charge in [0.05, 0.1) is 11.5 Å². The highest BCUT2D eigenvalue weighted by atomic mass is 16.6. The Hall–Kier alpha value is -2.77. The number of ether oxygens (including phenoxy) is 1. The molecule has 0 aliphatic rings. The lowest BCUT2D eigenvalue weighted by Crippen LogP contribution is -2.16. The van der Waals surface area contributed by atoms with E-state index in [1.165, 1.54) is 24.3 Å². The summed E-state index contributed by atoms with van der Waals surface area (Å²) < 4.78 is 6.36. The first kappa shape index (κ1) is 13.7. The Morgan fingerprint density at radius 3 is 2.60 bits per heavy atom. The summed E-state index contributed by atoms with van der Waals surface area (Å²) in [6.07, 6.45) is 0. The zero-order valence-electron chi connectivity index (χ0n) is 10.9. The van der Waals surface area contributed by atoms with Crippen molar-refractivity contribution in [3.8, 4) is 5.88 Å². The van der Waals surface area contributed by atoms with Crippen LogP contribution in [0.3, 0.4) is 0 Å². The molecule has 8 heteroatoms. The summed E-state index contributed by atoms with van der Waals surface area (Å²) >= 11 is 0. The Balaban J connectivity index is 2.33. The van der Waals surface area contributed by atoms with Crippen LogP contribution in [0.5, 0.6) is 5.88 Å². The van der Waals surface area contributed by atoms with Crippen LogP contribution >= 0.6 is 0 Å². The normalized spacial score (nSPS) is 10.3. The van der Waals surface area contributed by atoms with Gasteiger partial charge >= 0.3 is 0 Å². The van der Waals surface area contributed by atoms with Crippen molar-refractivity contribution in [1.29, 1.82) is 0 Å². The average Bonchev–Trinajstić information content (AvgIpc) is 2.80. The van der Waals surface area contributed by atoms with Gasteiger partial charge in [-0.1, -0.05) is 5.21 Å². The van der Waals surface area contributed by atoms with Crippen LogP contribution in [0.4, 0.5) is 5.69 Å². The molecule has 1 aromatic carbocycles. The van der Waals surface area contributed by atoms with Crippen LogP contribution in [0.1, 0.15) is 23.0 Å². The van der Waals surface area contributed by atoms with Gasteiger partial charge in [-0.2, -0.15) is 0 Å². The van der Waals surface area contributed by atoms with Crippen LogP contribution in [-0.2, 0) is 0 Å². The smallest absolute Gasteiger partial charge is 0.282 e. The number of aromatic nitrogens is 3. The molecule has 0 N–H and O–H groups in total. The fourth-order valence-electron chi connectivity index (χ4n) is 1.63. The van der Waals surface area contributed by atoms with Gasteiger partial charge in [0.15, 0.2) is 0 Å². The molecule has 2 rings (SSSR count). The summed E-state index contributed by atoms with van der Waals surface area (Å²) in [6, 6.07) is 5.26. The van der Waals surface area contributed by atoms with Crippen LogP contribution in [0.15, 0.2) is 24.3 Å². The van der Waals surface area contributed by atoms with E-state index in [2.05, 4.69) is 10.3 Å². The van der Waals surface area contributed by atoms with Crippen molar-refractivity contribution in [3.05, 3.63) is 45.6 Å². The average molecular weight is 276 g/mol. The van der Waals surface area contributed by atoms with Gasteiger partial charge in [0, 0.05) is 17.7 Å². The summed E-state index contributed by atoms with van der Waals surface area (Å²) in [6.45, 7) is 3.84. The van der Waals surface area contributed by atoms with Crippen molar-refractivity contribution in [2.24, 2.45) is 0 Å². The first-order chi connectivity index (χ1) is 9.54. The van der Waals surface area contributed by atoms with Crippen molar-refractivity contribution in [2.75, 3.05) is 6.61 Å². The quantitative estimate of drug-likeness (QED) is 0.620. The maximum absolute atomic E-state index is 12.2. The largest absolute Gasteiger partial charge is 0.476 e. The Bertz CT molecular complexity index is 648. The molecule has 1 aromatic heterocycles. The summed E-state index contributed by atoms with van der Waals surface area (Å²) in [4.78, 5) is 22.3. The van der Waals surface area contributed by atoms with E-state index in [1.54, 1.807) is 13.8 Å². The Morgan fingerprint density at radius 1 is 1.40 bits per heavy atom. The second kappa shape index (κ2) is 5.47. The van der Waals surface area contributed by atoms with Gasteiger partial charge in [-0.25, -0.2) is 0 Å². The van der Waals surface area contributed by atoms with Gasteiger partial charge in [0.2, 0.25) is 5.88 Å². The van der Waals surface area contributed by atoms with Crippen LogP contribution in [0.2, 0.25) is 0 Å². The SMILES string of the molecule is CCOc1c(C)nnn1C(=O)c1ccc([N+](=O)[O-])cc1. The number of carbonyl (C=O) groups excluding carboxylic acids is 1. The number of hydrogen-bond donors (Lipinski definition) is 0. The summed E-state index contributed by atoms with van der Waals surface area (Å²) in [7, 11) is 0. The van der Waals surface area contributed by atoms with E-state index >= 15 is 0 Å². The minimum atomic E-state index is -0.528. The molecule has 0 radical (unpaired) electrons. The van der Waals surface area contributed by atoms with E-state index in [4.69, 9.17) is 4.74 Å². The number of nitrogens with zero attached hydrogens (tertiary/aromatic N) is 4. The van der Waals surface area contributed by atoms with E-state index < -0.39 is 10.8 Å². The molecule has 104 valence electrons. The van der Waals surface area contributed by atoms with Crippen LogP contribution in [-0.4, -0.2) is 32.4 Å². The number of hydrogen-bond acceptors (Lipinski definition) is 6. The number of nitro benzene ring substituents is 1. The monoisotopic (exact) mass is 276 g/mol. The lowest BCUT2D eigenvalue weighted by atomic mass is 10.2. The van der Waals surface area contributed by atoms with E-state index in [1.807, 2.05) is 0 Å². The third kappa shape index (κ3) is 2.48. The first-order valence-electron chi connectivity index (χ1n) is 5.88. The molecular weight excluding hydrogens is 264 g/mol. The highest BCUT2D eigenvalue weighted by Crippen LogP contribution is 2.18. The molecule has 0 fully saturated rings. The molecule has 0 atom stereocenters. The molecule has 0 bridgehead atoms. The van der Waals surface area contributed by atoms with Crippen molar-refractivity contribution in [3.63, 3.8) is 0 Å². The van der Waals surface area contributed by atoms with Crippen LogP contribution in [0, 0.1) is 17.0 Å². The number of nitro groups is 1. The Labute approximate surface area is 114 Å². The molecule has 20 heavy (non-hydrogen) atoms. The number of aryl methyl sites for hydroxylation is 1. The molecule has 0 amide bonds. The summed E-state index contributed by atoms with van der Waals surface area (Å²) in [5.74, 6) is -0.181. The highest BCUT2D eigenvalue weighted by Gasteiger charge is 2.19. The molecule has 8 nitrogen and oxygen atoms in total.